The second-order valence-electron chi connectivity index (χ2n) is 12.4. The molecule has 0 bridgehead atoms. The van der Waals surface area contributed by atoms with Gasteiger partial charge in [0.05, 0.1) is 36.0 Å². The molecule has 48 heavy (non-hydrogen) atoms. The van der Waals surface area contributed by atoms with Crippen LogP contribution < -0.4 is 0 Å². The van der Waals surface area contributed by atoms with Crippen molar-refractivity contribution in [1.29, 1.82) is 0 Å². The van der Waals surface area contributed by atoms with E-state index in [0.717, 1.165) is 11.3 Å². The second kappa shape index (κ2) is 16.0. The fourth-order valence-corrected chi connectivity index (χ4v) is 7.70. The van der Waals surface area contributed by atoms with Crippen LogP contribution in [0.5, 0.6) is 0 Å². The molecule has 5 unspecified atom stereocenters. The smallest absolute Gasteiger partial charge is 0.338 e. The third-order valence-electron chi connectivity index (χ3n) is 9.25. The van der Waals surface area contributed by atoms with Crippen LogP contribution >= 0.6 is 11.8 Å². The molecule has 0 aromatic heterocycles. The molecule has 3 aliphatic heterocycles. The lowest BCUT2D eigenvalue weighted by Gasteiger charge is -2.51. The van der Waals surface area contributed by atoms with E-state index in [0.29, 0.717) is 17.5 Å². The highest BCUT2D eigenvalue weighted by atomic mass is 32.2. The van der Waals surface area contributed by atoms with Gasteiger partial charge in [-0.15, -0.1) is 11.8 Å². The van der Waals surface area contributed by atoms with Gasteiger partial charge in [-0.1, -0.05) is 94.4 Å². The van der Waals surface area contributed by atoms with Gasteiger partial charge in [0, 0.05) is 17.4 Å². The first-order valence-electron chi connectivity index (χ1n) is 16.8. The summed E-state index contributed by atoms with van der Waals surface area (Å²) in [5, 5.41) is 0. The van der Waals surface area contributed by atoms with Gasteiger partial charge in [-0.3, -0.25) is 0 Å². The number of carbonyl (C=O) groups excluding carboxylic acids is 2. The van der Waals surface area contributed by atoms with Crippen molar-refractivity contribution in [3.8, 4) is 0 Å². The maximum Gasteiger partial charge on any atom is 0.338 e. The summed E-state index contributed by atoms with van der Waals surface area (Å²) in [5.41, 5.74) is 1.41. The van der Waals surface area contributed by atoms with Gasteiger partial charge in [0.2, 0.25) is 0 Å². The van der Waals surface area contributed by atoms with Gasteiger partial charge in [-0.2, -0.15) is 0 Å². The molecule has 0 saturated carbocycles. The predicted octanol–water partition coefficient (Wildman–Crippen LogP) is 6.82. The Bertz CT molecular complexity index is 1480. The zero-order chi connectivity index (χ0) is 33.6. The Morgan fingerprint density at radius 3 is 1.90 bits per heavy atom. The highest BCUT2D eigenvalue weighted by Gasteiger charge is 2.53. The number of esters is 2. The molecule has 9 nitrogen and oxygen atoms in total. The van der Waals surface area contributed by atoms with Crippen molar-refractivity contribution >= 4 is 23.7 Å². The van der Waals surface area contributed by atoms with E-state index in [4.69, 9.17) is 33.2 Å². The average Bonchev–Trinajstić information content (AvgIpc) is 3.13. The van der Waals surface area contributed by atoms with Gasteiger partial charge >= 0.3 is 11.9 Å². The molecule has 0 radical (unpaired) electrons. The minimum atomic E-state index is -0.958. The maximum absolute atomic E-state index is 13.5. The van der Waals surface area contributed by atoms with Crippen LogP contribution in [0.15, 0.2) is 91.0 Å². The lowest BCUT2D eigenvalue weighted by molar-refractivity contribution is -0.365. The van der Waals surface area contributed by atoms with E-state index in [1.165, 1.54) is 0 Å². The summed E-state index contributed by atoms with van der Waals surface area (Å²) in [6.45, 7) is 8.36. The minimum Gasteiger partial charge on any atom is -0.455 e. The van der Waals surface area contributed by atoms with E-state index >= 15 is 0 Å². The quantitative estimate of drug-likeness (QED) is 0.213. The van der Waals surface area contributed by atoms with Crippen molar-refractivity contribution in [2.45, 2.75) is 88.8 Å². The zero-order valence-electron chi connectivity index (χ0n) is 27.7. The Labute approximate surface area is 286 Å². The zero-order valence-corrected chi connectivity index (χ0v) is 28.5. The Hall–Kier alpha value is -3.25. The first kappa shape index (κ1) is 34.6. The standard InChI is InChI=1S/C38H44O9S/c1-5-28-30(24(4)33(38(43-28)48-6-2)45-35(40)26-18-12-8-13-19-26)47-37-32(44-34(39)25-16-10-7-11-17-25)23(3)31-29(42-37)22-41-36(46-31)27-20-14-9-15-21-27/h7-21,23-24,28-33,36-38H,5-6,22H2,1-4H3/t23-,24-,28?,29?,30+,31+,32?,33?,36?,37-,38-/m0/s1. The van der Waals surface area contributed by atoms with Crippen LogP contribution in [-0.2, 0) is 33.2 Å². The van der Waals surface area contributed by atoms with Crippen molar-refractivity contribution in [2.75, 3.05) is 12.4 Å². The predicted molar refractivity (Wildman–Crippen MR) is 180 cm³/mol. The van der Waals surface area contributed by atoms with E-state index in [-0.39, 0.29) is 30.0 Å². The topological polar surface area (TPSA) is 98.8 Å². The molecule has 6 rings (SSSR count). The number of carbonyl (C=O) groups is 2. The third kappa shape index (κ3) is 7.64. The second-order valence-corrected chi connectivity index (χ2v) is 13.8. The Kier molecular flexibility index (Phi) is 11.5. The Balaban J connectivity index is 1.26. The van der Waals surface area contributed by atoms with Crippen molar-refractivity contribution in [2.24, 2.45) is 11.8 Å². The van der Waals surface area contributed by atoms with E-state index in [9.17, 15) is 9.59 Å². The summed E-state index contributed by atoms with van der Waals surface area (Å²) in [4.78, 5) is 26.7. The van der Waals surface area contributed by atoms with Crippen LogP contribution in [0.25, 0.3) is 0 Å². The SMILES string of the molecule is CCS[C@@H]1OC(CC)[C@H](O[C@@H]2OC3COC(c4ccccc4)O[C@@H]3[C@H](C)C2OC(=O)c2ccccc2)[C@H](C)C1OC(=O)c1ccccc1. The van der Waals surface area contributed by atoms with Crippen LogP contribution in [0.3, 0.4) is 0 Å². The fraction of sp³-hybridized carbons (Fsp3) is 0.474. The van der Waals surface area contributed by atoms with Crippen molar-refractivity contribution in [1.82, 2.24) is 0 Å². The first-order valence-corrected chi connectivity index (χ1v) is 17.8. The van der Waals surface area contributed by atoms with Gasteiger partial charge in [0.25, 0.3) is 0 Å². The molecular formula is C38H44O9S. The van der Waals surface area contributed by atoms with E-state index in [1.807, 2.05) is 70.2 Å². The van der Waals surface area contributed by atoms with Crippen LogP contribution in [0.1, 0.15) is 66.7 Å². The van der Waals surface area contributed by atoms with Crippen molar-refractivity contribution in [3.05, 3.63) is 108 Å². The van der Waals surface area contributed by atoms with Crippen LogP contribution in [0, 0.1) is 11.8 Å². The Morgan fingerprint density at radius 1 is 0.729 bits per heavy atom. The maximum atomic E-state index is 13.5. The number of hydrogen-bond donors (Lipinski definition) is 0. The first-order chi connectivity index (χ1) is 23.4. The largest absolute Gasteiger partial charge is 0.455 e. The molecule has 3 heterocycles. The summed E-state index contributed by atoms with van der Waals surface area (Å²) >= 11 is 1.60. The van der Waals surface area contributed by atoms with Crippen LogP contribution in [0.4, 0.5) is 0 Å². The summed E-state index contributed by atoms with van der Waals surface area (Å²) in [5.74, 6) is -0.706. The lowest BCUT2D eigenvalue weighted by atomic mass is 9.88. The summed E-state index contributed by atoms with van der Waals surface area (Å²) in [6.07, 6.45) is -4.04. The van der Waals surface area contributed by atoms with E-state index in [1.54, 1.807) is 60.3 Å². The normalized spacial score (nSPS) is 33.3. The summed E-state index contributed by atoms with van der Waals surface area (Å²) in [6, 6.07) is 27.5. The van der Waals surface area contributed by atoms with Gasteiger partial charge in [0.15, 0.2) is 18.7 Å². The average molecular weight is 677 g/mol. The van der Waals surface area contributed by atoms with E-state index in [2.05, 4.69) is 0 Å². The molecule has 0 N–H and O–H groups in total. The molecule has 3 saturated heterocycles. The van der Waals surface area contributed by atoms with E-state index < -0.39 is 55.0 Å². The molecular weight excluding hydrogens is 632 g/mol. The molecule has 3 aliphatic rings. The Morgan fingerprint density at radius 2 is 1.31 bits per heavy atom. The number of thioether (sulfide) groups is 1. The molecule has 3 fully saturated rings. The molecule has 256 valence electrons. The highest BCUT2D eigenvalue weighted by molar-refractivity contribution is 7.99. The highest BCUT2D eigenvalue weighted by Crippen LogP contribution is 2.42. The van der Waals surface area contributed by atoms with Gasteiger partial charge in [-0.05, 0) is 36.4 Å². The minimum absolute atomic E-state index is 0.272. The number of hydrogen-bond acceptors (Lipinski definition) is 10. The van der Waals surface area contributed by atoms with Gasteiger partial charge < -0.3 is 33.2 Å². The number of rotatable bonds is 10. The van der Waals surface area contributed by atoms with Crippen LogP contribution in [0.2, 0.25) is 0 Å². The molecule has 0 amide bonds. The van der Waals surface area contributed by atoms with Crippen LogP contribution in [-0.4, -0.2) is 72.6 Å². The van der Waals surface area contributed by atoms with Crippen molar-refractivity contribution < 1.29 is 42.7 Å². The molecule has 0 aliphatic carbocycles. The van der Waals surface area contributed by atoms with Crippen molar-refractivity contribution in [3.63, 3.8) is 0 Å². The third-order valence-corrected chi connectivity index (χ3v) is 10.3. The number of fused-ring (bicyclic) bond motifs is 1. The lowest BCUT2D eigenvalue weighted by Crippen LogP contribution is -2.62. The molecule has 0 spiro atoms. The monoisotopic (exact) mass is 676 g/mol. The summed E-state index contributed by atoms with van der Waals surface area (Å²) in [7, 11) is 0. The molecule has 10 heteroatoms. The fourth-order valence-electron chi connectivity index (χ4n) is 6.66. The number of benzene rings is 3. The van der Waals surface area contributed by atoms with Gasteiger partial charge in [-0.25, -0.2) is 9.59 Å². The molecule has 11 atom stereocenters. The molecule has 3 aromatic rings. The molecule has 3 aromatic carbocycles. The number of ether oxygens (including phenoxy) is 7. The summed E-state index contributed by atoms with van der Waals surface area (Å²) < 4.78 is 44.9. The van der Waals surface area contributed by atoms with Gasteiger partial charge in [0.1, 0.15) is 17.6 Å².